The number of nitrogens with two attached hydrogens (primary N) is 1. The molecule has 1 aromatic rings. The molecule has 0 spiro atoms. The van der Waals surface area contributed by atoms with Crippen LogP contribution in [0.1, 0.15) is 0 Å². The lowest BCUT2D eigenvalue weighted by molar-refractivity contribution is 1.16. The predicted octanol–water partition coefficient (Wildman–Crippen LogP) is 1.73. The molecule has 0 saturated carbocycles. The minimum absolute atomic E-state index is 0.421. The highest BCUT2D eigenvalue weighted by Gasteiger charge is 1.96. The number of nitrogen functional groups attached to an aromatic ring is 1. The standard InChI is InChI=1S/C10H12N4/c1-3-5-8(4-2)13-10-12-7-6-9(11)14-10/h3-7H,1-2H2,(H3,11,12,13,14)/b8-5+. The lowest BCUT2D eigenvalue weighted by Crippen LogP contribution is -2.02. The summed E-state index contributed by atoms with van der Waals surface area (Å²) < 4.78 is 0. The zero-order valence-electron chi connectivity index (χ0n) is 7.77. The Morgan fingerprint density at radius 3 is 2.86 bits per heavy atom. The van der Waals surface area contributed by atoms with Crippen LogP contribution < -0.4 is 11.1 Å². The van der Waals surface area contributed by atoms with Gasteiger partial charge >= 0.3 is 0 Å². The van der Waals surface area contributed by atoms with Crippen LogP contribution in [-0.4, -0.2) is 9.97 Å². The number of allylic oxidation sites excluding steroid dienone is 3. The first kappa shape index (κ1) is 9.98. The fraction of sp³-hybridized carbons (Fsp3) is 0. The van der Waals surface area contributed by atoms with Crippen LogP contribution in [0, 0.1) is 0 Å². The first-order chi connectivity index (χ1) is 6.76. The quantitative estimate of drug-likeness (QED) is 0.706. The van der Waals surface area contributed by atoms with Crippen molar-refractivity contribution in [3.63, 3.8) is 0 Å². The monoisotopic (exact) mass is 188 g/mol. The van der Waals surface area contributed by atoms with Crippen molar-refractivity contribution in [3.05, 3.63) is 49.3 Å². The number of anilines is 2. The van der Waals surface area contributed by atoms with Gasteiger partial charge in [0.15, 0.2) is 0 Å². The summed E-state index contributed by atoms with van der Waals surface area (Å²) in [5, 5.41) is 2.94. The fourth-order valence-corrected chi connectivity index (χ4v) is 0.850. The molecule has 0 aliphatic heterocycles. The number of nitrogens with zero attached hydrogens (tertiary/aromatic N) is 2. The van der Waals surface area contributed by atoms with Gasteiger partial charge in [-0.05, 0) is 18.2 Å². The highest BCUT2D eigenvalue weighted by atomic mass is 15.1. The van der Waals surface area contributed by atoms with E-state index < -0.39 is 0 Å². The molecule has 0 unspecified atom stereocenters. The van der Waals surface area contributed by atoms with Crippen molar-refractivity contribution in [2.75, 3.05) is 11.1 Å². The maximum absolute atomic E-state index is 5.49. The maximum atomic E-state index is 5.49. The smallest absolute Gasteiger partial charge is 0.229 e. The Hall–Kier alpha value is -2.10. The molecule has 0 radical (unpaired) electrons. The normalized spacial score (nSPS) is 10.7. The highest BCUT2D eigenvalue weighted by Crippen LogP contribution is 2.05. The molecule has 0 aliphatic carbocycles. The molecule has 1 aromatic heterocycles. The van der Waals surface area contributed by atoms with Crippen LogP contribution in [-0.2, 0) is 0 Å². The Morgan fingerprint density at radius 1 is 1.50 bits per heavy atom. The number of hydrogen-bond donors (Lipinski definition) is 2. The zero-order chi connectivity index (χ0) is 10.4. The summed E-state index contributed by atoms with van der Waals surface area (Å²) in [4.78, 5) is 7.96. The molecule has 0 saturated heterocycles. The molecule has 0 amide bonds. The van der Waals surface area contributed by atoms with E-state index in [0.717, 1.165) is 5.70 Å². The van der Waals surface area contributed by atoms with Crippen molar-refractivity contribution < 1.29 is 0 Å². The second-order valence-electron chi connectivity index (χ2n) is 2.49. The molecule has 14 heavy (non-hydrogen) atoms. The Bertz CT molecular complexity index is 368. The highest BCUT2D eigenvalue weighted by molar-refractivity contribution is 5.43. The summed E-state index contributed by atoms with van der Waals surface area (Å²) >= 11 is 0. The SMILES string of the molecule is C=C/C=C(\C=C)Nc1nccc(N)n1. The Kier molecular flexibility index (Phi) is 3.43. The third-order valence-electron chi connectivity index (χ3n) is 1.45. The van der Waals surface area contributed by atoms with Crippen LogP contribution in [0.2, 0.25) is 0 Å². The molecule has 4 nitrogen and oxygen atoms in total. The lowest BCUT2D eigenvalue weighted by Gasteiger charge is -2.04. The third kappa shape index (κ3) is 2.75. The summed E-state index contributed by atoms with van der Waals surface area (Å²) in [6.07, 6.45) is 6.64. The summed E-state index contributed by atoms with van der Waals surface area (Å²) in [6, 6.07) is 1.62. The number of aromatic nitrogens is 2. The molecule has 0 atom stereocenters. The molecule has 1 heterocycles. The van der Waals surface area contributed by atoms with Crippen LogP contribution in [0.25, 0.3) is 0 Å². The molecule has 0 aromatic carbocycles. The molecule has 72 valence electrons. The van der Waals surface area contributed by atoms with Crippen molar-refractivity contribution in [2.45, 2.75) is 0 Å². The van der Waals surface area contributed by atoms with Crippen molar-refractivity contribution in [3.8, 4) is 0 Å². The predicted molar refractivity (Wildman–Crippen MR) is 58.5 cm³/mol. The zero-order valence-corrected chi connectivity index (χ0v) is 7.77. The van der Waals surface area contributed by atoms with Gasteiger partial charge in [-0.15, -0.1) is 0 Å². The van der Waals surface area contributed by atoms with Gasteiger partial charge in [-0.25, -0.2) is 4.98 Å². The molecule has 0 bridgehead atoms. The Balaban J connectivity index is 2.82. The van der Waals surface area contributed by atoms with E-state index in [1.165, 1.54) is 0 Å². The van der Waals surface area contributed by atoms with Gasteiger partial charge in [0, 0.05) is 11.9 Å². The molecule has 4 heteroatoms. The van der Waals surface area contributed by atoms with E-state index in [0.29, 0.717) is 11.8 Å². The van der Waals surface area contributed by atoms with E-state index in [2.05, 4.69) is 28.4 Å². The van der Waals surface area contributed by atoms with Gasteiger partial charge in [0.05, 0.1) is 0 Å². The second kappa shape index (κ2) is 4.81. The molecule has 0 aliphatic rings. The van der Waals surface area contributed by atoms with E-state index in [9.17, 15) is 0 Å². The van der Waals surface area contributed by atoms with E-state index in [-0.39, 0.29) is 0 Å². The largest absolute Gasteiger partial charge is 0.384 e. The van der Waals surface area contributed by atoms with Gasteiger partial charge in [0.1, 0.15) is 5.82 Å². The topological polar surface area (TPSA) is 63.8 Å². The van der Waals surface area contributed by atoms with Gasteiger partial charge in [-0.2, -0.15) is 4.98 Å². The second-order valence-corrected chi connectivity index (χ2v) is 2.49. The van der Waals surface area contributed by atoms with Crippen molar-refractivity contribution >= 4 is 11.8 Å². The summed E-state index contributed by atoms with van der Waals surface area (Å²) in [5.74, 6) is 0.863. The number of rotatable bonds is 4. The summed E-state index contributed by atoms with van der Waals surface area (Å²) in [6.45, 7) is 7.21. The van der Waals surface area contributed by atoms with Crippen molar-refractivity contribution in [1.29, 1.82) is 0 Å². The Morgan fingerprint density at radius 2 is 2.29 bits per heavy atom. The summed E-state index contributed by atoms with van der Waals surface area (Å²) in [5.41, 5.74) is 6.26. The van der Waals surface area contributed by atoms with Crippen molar-refractivity contribution in [2.24, 2.45) is 0 Å². The van der Waals surface area contributed by atoms with E-state index in [1.807, 2.05) is 0 Å². The van der Waals surface area contributed by atoms with Crippen LogP contribution >= 0.6 is 0 Å². The first-order valence-electron chi connectivity index (χ1n) is 4.07. The maximum Gasteiger partial charge on any atom is 0.229 e. The van der Waals surface area contributed by atoms with E-state index in [1.54, 1.807) is 30.5 Å². The number of hydrogen-bond acceptors (Lipinski definition) is 4. The molecular formula is C10H12N4. The van der Waals surface area contributed by atoms with Crippen LogP contribution in [0.3, 0.4) is 0 Å². The van der Waals surface area contributed by atoms with E-state index >= 15 is 0 Å². The summed E-state index contributed by atoms with van der Waals surface area (Å²) in [7, 11) is 0. The molecule has 0 fully saturated rings. The van der Waals surface area contributed by atoms with Gasteiger partial charge in [-0.1, -0.05) is 19.2 Å². The van der Waals surface area contributed by atoms with Gasteiger partial charge in [-0.3, -0.25) is 0 Å². The van der Waals surface area contributed by atoms with Gasteiger partial charge in [0.2, 0.25) is 5.95 Å². The van der Waals surface area contributed by atoms with Gasteiger partial charge in [0.25, 0.3) is 0 Å². The third-order valence-corrected chi connectivity index (χ3v) is 1.45. The fourth-order valence-electron chi connectivity index (χ4n) is 0.850. The molecule has 1 rings (SSSR count). The van der Waals surface area contributed by atoms with E-state index in [4.69, 9.17) is 5.73 Å². The first-order valence-corrected chi connectivity index (χ1v) is 4.07. The van der Waals surface area contributed by atoms with Gasteiger partial charge < -0.3 is 11.1 Å². The Labute approximate surface area is 82.9 Å². The minimum Gasteiger partial charge on any atom is -0.384 e. The minimum atomic E-state index is 0.421. The number of nitrogens with one attached hydrogen (secondary N) is 1. The van der Waals surface area contributed by atoms with Crippen LogP contribution in [0.15, 0.2) is 49.3 Å². The lowest BCUT2D eigenvalue weighted by atomic mass is 10.4. The van der Waals surface area contributed by atoms with Crippen molar-refractivity contribution in [1.82, 2.24) is 9.97 Å². The average Bonchev–Trinajstić information content (AvgIpc) is 2.17. The molecular weight excluding hydrogens is 176 g/mol. The molecule has 3 N–H and O–H groups in total. The van der Waals surface area contributed by atoms with Crippen LogP contribution in [0.5, 0.6) is 0 Å². The average molecular weight is 188 g/mol. The van der Waals surface area contributed by atoms with Crippen LogP contribution in [0.4, 0.5) is 11.8 Å².